The number of thioether (sulfide) groups is 1. The van der Waals surface area contributed by atoms with Crippen molar-refractivity contribution in [3.05, 3.63) is 119 Å². The molecule has 338 valence electrons. The Hall–Kier alpha value is -5.35. The molecular formula is C43H42F4N6O8S3. The van der Waals surface area contributed by atoms with Gasteiger partial charge in [0.15, 0.2) is 0 Å². The van der Waals surface area contributed by atoms with E-state index in [1.54, 1.807) is 22.9 Å². The molecule has 4 aromatic rings. The van der Waals surface area contributed by atoms with Gasteiger partial charge < -0.3 is 10.2 Å². The Kier molecular flexibility index (Phi) is 12.7. The van der Waals surface area contributed by atoms with Crippen molar-refractivity contribution in [1.29, 1.82) is 0 Å². The van der Waals surface area contributed by atoms with E-state index in [4.69, 9.17) is 0 Å². The van der Waals surface area contributed by atoms with Crippen LogP contribution in [0, 0.1) is 5.82 Å². The molecule has 4 aromatic carbocycles. The summed E-state index contributed by atoms with van der Waals surface area (Å²) in [6, 6.07) is 20.5. The highest BCUT2D eigenvalue weighted by atomic mass is 32.2. The highest BCUT2D eigenvalue weighted by Crippen LogP contribution is 2.38. The van der Waals surface area contributed by atoms with Crippen molar-refractivity contribution >= 4 is 60.9 Å². The van der Waals surface area contributed by atoms with Crippen LogP contribution in [0.4, 0.5) is 23.2 Å². The van der Waals surface area contributed by atoms with Crippen LogP contribution in [-0.2, 0) is 42.5 Å². The van der Waals surface area contributed by atoms with Gasteiger partial charge >= 0.3 is 5.51 Å². The average Bonchev–Trinajstić information content (AvgIpc) is 3.59. The molecule has 14 nitrogen and oxygen atoms in total. The zero-order valence-corrected chi connectivity index (χ0v) is 36.3. The molecule has 21 heteroatoms. The number of halogens is 4. The number of hydrogen-bond acceptors (Lipinski definition) is 12. The second-order valence-corrected chi connectivity index (χ2v) is 20.8. The summed E-state index contributed by atoms with van der Waals surface area (Å²) in [5.74, 6) is -2.75. The molecule has 5 heterocycles. The summed E-state index contributed by atoms with van der Waals surface area (Å²) >= 11 is 1.40. The number of fused-ring (bicyclic) bond motifs is 3. The van der Waals surface area contributed by atoms with Gasteiger partial charge in [0.05, 0.1) is 17.1 Å². The van der Waals surface area contributed by atoms with Crippen LogP contribution in [0.2, 0.25) is 0 Å². The minimum atomic E-state index is -6.11. The quantitative estimate of drug-likeness (QED) is 0.0833. The van der Waals surface area contributed by atoms with Gasteiger partial charge in [0, 0.05) is 83.6 Å². The maximum atomic E-state index is 16.0. The van der Waals surface area contributed by atoms with E-state index < -0.39 is 82.4 Å². The molecule has 0 spiro atoms. The van der Waals surface area contributed by atoms with Gasteiger partial charge in [-0.1, -0.05) is 42.5 Å². The molecule has 64 heavy (non-hydrogen) atoms. The predicted octanol–water partition coefficient (Wildman–Crippen LogP) is 4.92. The maximum absolute atomic E-state index is 16.0. The third kappa shape index (κ3) is 9.26. The van der Waals surface area contributed by atoms with Crippen molar-refractivity contribution in [1.82, 2.24) is 24.7 Å². The monoisotopic (exact) mass is 942 g/mol. The molecule has 5 aliphatic heterocycles. The molecule has 0 aromatic heterocycles. The van der Waals surface area contributed by atoms with Crippen LogP contribution in [0.3, 0.4) is 0 Å². The SMILES string of the molecule is O=C1CCC(N2Cc3c(ccc(CN4CC5CC(C4)N5CC[C@H](CSc4ccccc4)Nc4ccc(S(=O)(=O)NC(=O)c5ccccc5)cc4S(=O)(=O)C(F)(F)F)c3F)C2=O)C(=O)N1. The number of piperidine rings is 2. The first-order valence-corrected chi connectivity index (χ1v) is 24.3. The van der Waals surface area contributed by atoms with E-state index in [-0.39, 0.29) is 54.7 Å². The van der Waals surface area contributed by atoms with Gasteiger partial charge in [-0.05, 0) is 67.8 Å². The molecule has 3 unspecified atom stereocenters. The van der Waals surface area contributed by atoms with Gasteiger partial charge in [0.1, 0.15) is 16.8 Å². The Morgan fingerprint density at radius 2 is 1.59 bits per heavy atom. The molecule has 4 fully saturated rings. The Balaban J connectivity index is 0.959. The third-order valence-corrected chi connectivity index (χ3v) is 16.0. The first-order valence-electron chi connectivity index (χ1n) is 20.3. The van der Waals surface area contributed by atoms with Crippen LogP contribution >= 0.6 is 11.8 Å². The van der Waals surface area contributed by atoms with Gasteiger partial charge in [-0.3, -0.25) is 34.3 Å². The lowest BCUT2D eigenvalue weighted by molar-refractivity contribution is -0.136. The van der Waals surface area contributed by atoms with Crippen LogP contribution in [0.15, 0.2) is 106 Å². The van der Waals surface area contributed by atoms with Gasteiger partial charge in [-0.2, -0.15) is 13.2 Å². The predicted molar refractivity (Wildman–Crippen MR) is 227 cm³/mol. The molecular weight excluding hydrogens is 901 g/mol. The number of benzene rings is 4. The molecule has 2 bridgehead atoms. The number of piperazine rings is 1. The van der Waals surface area contributed by atoms with E-state index in [9.17, 15) is 49.2 Å². The second kappa shape index (κ2) is 17.9. The molecule has 0 saturated carbocycles. The topological polar surface area (TPSA) is 182 Å². The van der Waals surface area contributed by atoms with E-state index in [0.717, 1.165) is 23.4 Å². The van der Waals surface area contributed by atoms with E-state index in [2.05, 4.69) is 20.4 Å². The van der Waals surface area contributed by atoms with Gasteiger partial charge in [0.2, 0.25) is 11.8 Å². The summed E-state index contributed by atoms with van der Waals surface area (Å²) in [5, 5.41) is 5.23. The zero-order chi connectivity index (χ0) is 45.6. The lowest BCUT2D eigenvalue weighted by Gasteiger charge is -2.57. The molecule has 4 atom stereocenters. The fourth-order valence-electron chi connectivity index (χ4n) is 8.69. The number of hydrogen-bond donors (Lipinski definition) is 3. The van der Waals surface area contributed by atoms with Crippen LogP contribution in [0.25, 0.3) is 0 Å². The minimum Gasteiger partial charge on any atom is -0.380 e. The number of rotatable bonds is 15. The van der Waals surface area contributed by atoms with E-state index in [1.807, 2.05) is 30.3 Å². The smallest absolute Gasteiger partial charge is 0.380 e. The number of sulfonamides is 1. The second-order valence-electron chi connectivity index (χ2n) is 16.1. The Morgan fingerprint density at radius 1 is 0.906 bits per heavy atom. The van der Waals surface area contributed by atoms with Crippen molar-refractivity contribution in [2.75, 3.05) is 30.7 Å². The first kappa shape index (κ1) is 45.2. The van der Waals surface area contributed by atoms with Gasteiger partial charge in [-0.25, -0.2) is 25.9 Å². The number of imide groups is 1. The summed E-state index contributed by atoms with van der Waals surface area (Å²) in [6.45, 7) is 1.81. The molecule has 0 radical (unpaired) electrons. The Labute approximate surface area is 370 Å². The van der Waals surface area contributed by atoms with Crippen LogP contribution < -0.4 is 15.4 Å². The molecule has 9 rings (SSSR count). The van der Waals surface area contributed by atoms with Crippen molar-refractivity contribution in [3.8, 4) is 0 Å². The van der Waals surface area contributed by atoms with Crippen molar-refractivity contribution in [2.24, 2.45) is 0 Å². The lowest BCUT2D eigenvalue weighted by Crippen LogP contribution is -2.68. The molecule has 3 N–H and O–H groups in total. The average molecular weight is 943 g/mol. The Morgan fingerprint density at radius 3 is 2.27 bits per heavy atom. The molecule has 4 amide bonds. The number of anilines is 1. The zero-order valence-electron chi connectivity index (χ0n) is 33.9. The van der Waals surface area contributed by atoms with Crippen molar-refractivity contribution in [3.63, 3.8) is 0 Å². The summed E-state index contributed by atoms with van der Waals surface area (Å²) < 4.78 is 113. The number of sulfone groups is 1. The summed E-state index contributed by atoms with van der Waals surface area (Å²) in [4.78, 5) is 54.4. The number of nitrogens with zero attached hydrogens (tertiary/aromatic N) is 3. The van der Waals surface area contributed by atoms with Gasteiger partial charge in [-0.15, -0.1) is 11.8 Å². The number of carbonyl (C=O) groups excluding carboxylic acids is 4. The summed E-state index contributed by atoms with van der Waals surface area (Å²) in [6.07, 6.45) is 1.45. The maximum Gasteiger partial charge on any atom is 0.501 e. The van der Waals surface area contributed by atoms with Crippen molar-refractivity contribution < 1.29 is 53.6 Å². The normalized spacial score (nSPS) is 20.9. The van der Waals surface area contributed by atoms with E-state index >= 15 is 4.39 Å². The third-order valence-electron chi connectivity index (χ3n) is 12.0. The number of nitrogens with one attached hydrogen (secondary N) is 3. The van der Waals surface area contributed by atoms with E-state index in [1.165, 1.54) is 40.9 Å². The minimum absolute atomic E-state index is 0.0429. The lowest BCUT2D eigenvalue weighted by atomic mass is 9.86. The first-order chi connectivity index (χ1) is 30.4. The van der Waals surface area contributed by atoms with Crippen LogP contribution in [-0.4, -0.2) is 110 Å². The van der Waals surface area contributed by atoms with E-state index in [0.29, 0.717) is 43.4 Å². The van der Waals surface area contributed by atoms with Crippen LogP contribution in [0.5, 0.6) is 0 Å². The van der Waals surface area contributed by atoms with Gasteiger partial charge in [0.25, 0.3) is 31.7 Å². The largest absolute Gasteiger partial charge is 0.501 e. The Bertz CT molecular complexity index is 2700. The number of amides is 4. The number of alkyl halides is 3. The molecule has 4 saturated heterocycles. The molecule has 5 aliphatic rings. The highest BCUT2D eigenvalue weighted by molar-refractivity contribution is 7.99. The fourth-order valence-corrected chi connectivity index (χ4v) is 11.7. The fraction of sp³-hybridized carbons (Fsp3) is 0.349. The molecule has 0 aliphatic carbocycles. The highest BCUT2D eigenvalue weighted by Gasteiger charge is 2.49. The number of carbonyl (C=O) groups is 4. The van der Waals surface area contributed by atoms with Crippen molar-refractivity contribution in [2.45, 2.75) is 83.1 Å². The summed E-state index contributed by atoms with van der Waals surface area (Å²) in [7, 11) is -10.9. The summed E-state index contributed by atoms with van der Waals surface area (Å²) in [5.41, 5.74) is -5.50. The standard InChI is InChI=1S/C43H42F4N6O8S3/c44-39-27(11-13-33-34(39)24-53(42(33)57)36-15-16-38(54)49-41(36)56)21-51-22-29-19-30(23-51)52(29)18-17-28(25-62-31-9-5-2-6-10-31)48-35-14-12-32(20-37(35)63(58,59)43(45,46)47)64(60,61)50-40(55)26-7-3-1-4-8-26/h1-14,20,28-30,36,48H,15-19,21-25H2,(H,50,55)(H,49,54,56)/t28-,29?,30?,36?/m1/s1. The van der Waals surface area contributed by atoms with Crippen LogP contribution in [0.1, 0.15) is 57.5 Å².